The summed E-state index contributed by atoms with van der Waals surface area (Å²) in [4.78, 5) is 48.0. The van der Waals surface area contributed by atoms with Gasteiger partial charge in [0.2, 0.25) is 5.96 Å². The molecule has 9 nitrogen and oxygen atoms in total. The van der Waals surface area contributed by atoms with Gasteiger partial charge in [0.25, 0.3) is 5.91 Å². The smallest absolute Gasteiger partial charge is 0.328 e. The van der Waals surface area contributed by atoms with Crippen molar-refractivity contribution < 1.29 is 19.1 Å². The average molecular weight is 357 g/mol. The van der Waals surface area contributed by atoms with Crippen molar-refractivity contribution in [3.63, 3.8) is 0 Å². The Morgan fingerprint density at radius 2 is 1.96 bits per heavy atom. The van der Waals surface area contributed by atoms with E-state index >= 15 is 0 Å². The van der Waals surface area contributed by atoms with Gasteiger partial charge in [-0.2, -0.15) is 0 Å². The molecule has 0 bridgehead atoms. The largest absolute Gasteiger partial charge is 0.468 e. The van der Waals surface area contributed by atoms with Gasteiger partial charge in [0.05, 0.1) is 7.11 Å². The molecule has 2 fully saturated rings. The van der Waals surface area contributed by atoms with Crippen LogP contribution in [0.3, 0.4) is 0 Å². The van der Waals surface area contributed by atoms with E-state index in [1.807, 2.05) is 40.1 Å². The molecule has 3 heterocycles. The summed E-state index contributed by atoms with van der Waals surface area (Å²) in [6.45, 7) is 0.927. The van der Waals surface area contributed by atoms with Gasteiger partial charge < -0.3 is 19.4 Å². The summed E-state index contributed by atoms with van der Waals surface area (Å²) >= 11 is 0. The van der Waals surface area contributed by atoms with Crippen LogP contribution in [0.1, 0.15) is 0 Å². The van der Waals surface area contributed by atoms with E-state index in [2.05, 4.69) is 9.73 Å². The molecule has 0 radical (unpaired) electrons. The number of aliphatic imine (C=N–C) groups is 1. The normalized spacial score (nSPS) is 24.6. The summed E-state index contributed by atoms with van der Waals surface area (Å²) in [7, 11) is 2.82. The maximum Gasteiger partial charge on any atom is 0.328 e. The van der Waals surface area contributed by atoms with E-state index in [-0.39, 0.29) is 0 Å². The molecule has 0 aliphatic carbocycles. The zero-order chi connectivity index (χ0) is 18.4. The standard InChI is InChI=1S/C17H19N5O4/c1-19-14-13(15(24)22(17(19)25)10-12(23)26-2)21-9-8-20(16(21)18-14)11-6-4-3-5-7-11/h3-7,13-14H,8-10H2,1-2H3. The van der Waals surface area contributed by atoms with Gasteiger partial charge in [-0.3, -0.25) is 14.5 Å². The molecule has 9 heteroatoms. The number of anilines is 1. The van der Waals surface area contributed by atoms with Crippen LogP contribution in [0.5, 0.6) is 0 Å². The topological polar surface area (TPSA) is 85.8 Å². The second-order valence-corrected chi connectivity index (χ2v) is 6.36. The summed E-state index contributed by atoms with van der Waals surface area (Å²) in [5.41, 5.74) is 0.986. The van der Waals surface area contributed by atoms with Crippen molar-refractivity contribution in [1.29, 1.82) is 0 Å². The minimum atomic E-state index is -0.634. The predicted molar refractivity (Wildman–Crippen MR) is 92.4 cm³/mol. The number of urea groups is 1. The Morgan fingerprint density at radius 3 is 2.65 bits per heavy atom. The van der Waals surface area contributed by atoms with E-state index in [1.54, 1.807) is 7.05 Å². The lowest BCUT2D eigenvalue weighted by molar-refractivity contribution is -0.148. The van der Waals surface area contributed by atoms with Crippen LogP contribution in [0.25, 0.3) is 0 Å². The maximum atomic E-state index is 12.9. The molecule has 1 aromatic rings. The molecule has 0 saturated carbocycles. The molecule has 1 aromatic carbocycles. The van der Waals surface area contributed by atoms with E-state index in [0.717, 1.165) is 10.6 Å². The Bertz CT molecular complexity index is 796. The molecule has 3 amide bonds. The Hall–Kier alpha value is -3.10. The Balaban J connectivity index is 1.64. The first-order chi connectivity index (χ1) is 12.5. The number of amides is 3. The van der Waals surface area contributed by atoms with Gasteiger partial charge in [0, 0.05) is 25.8 Å². The number of esters is 1. The van der Waals surface area contributed by atoms with E-state index < -0.39 is 36.7 Å². The van der Waals surface area contributed by atoms with Crippen LogP contribution in [-0.4, -0.2) is 84.6 Å². The number of nitrogens with zero attached hydrogens (tertiary/aromatic N) is 5. The molecule has 2 unspecified atom stereocenters. The summed E-state index contributed by atoms with van der Waals surface area (Å²) in [5, 5.41) is 0. The summed E-state index contributed by atoms with van der Waals surface area (Å²) in [5.74, 6) is -0.374. The molecule has 136 valence electrons. The van der Waals surface area contributed by atoms with Crippen molar-refractivity contribution in [1.82, 2.24) is 14.7 Å². The van der Waals surface area contributed by atoms with Crippen molar-refractivity contribution in [2.75, 3.05) is 38.7 Å². The van der Waals surface area contributed by atoms with Crippen LogP contribution in [0.2, 0.25) is 0 Å². The first-order valence-electron chi connectivity index (χ1n) is 8.35. The van der Waals surface area contributed by atoms with Crippen LogP contribution < -0.4 is 4.90 Å². The van der Waals surface area contributed by atoms with E-state index in [4.69, 9.17) is 0 Å². The monoisotopic (exact) mass is 357 g/mol. The lowest BCUT2D eigenvalue weighted by Gasteiger charge is -2.40. The van der Waals surface area contributed by atoms with Crippen LogP contribution in [0, 0.1) is 0 Å². The van der Waals surface area contributed by atoms with Crippen molar-refractivity contribution in [3.05, 3.63) is 30.3 Å². The number of guanidine groups is 1. The number of para-hydroxylation sites is 1. The molecule has 2 saturated heterocycles. The fourth-order valence-electron chi connectivity index (χ4n) is 3.63. The van der Waals surface area contributed by atoms with Gasteiger partial charge in [0.15, 0.2) is 12.2 Å². The zero-order valence-electron chi connectivity index (χ0n) is 14.5. The predicted octanol–water partition coefficient (Wildman–Crippen LogP) is -0.0601. The quantitative estimate of drug-likeness (QED) is 0.705. The Morgan fingerprint density at radius 1 is 1.23 bits per heavy atom. The highest BCUT2D eigenvalue weighted by Crippen LogP contribution is 2.33. The van der Waals surface area contributed by atoms with Crippen LogP contribution in [-0.2, 0) is 14.3 Å². The van der Waals surface area contributed by atoms with Gasteiger partial charge in [-0.1, -0.05) is 18.2 Å². The lowest BCUT2D eigenvalue weighted by atomic mass is 10.1. The van der Waals surface area contributed by atoms with Gasteiger partial charge in [-0.25, -0.2) is 9.79 Å². The molecular formula is C17H19N5O4. The number of methoxy groups -OCH3 is 1. The average Bonchev–Trinajstić information content (AvgIpc) is 3.23. The first kappa shape index (κ1) is 16.4. The van der Waals surface area contributed by atoms with Crippen LogP contribution in [0.4, 0.5) is 10.5 Å². The third-order valence-corrected chi connectivity index (χ3v) is 4.96. The molecule has 26 heavy (non-hydrogen) atoms. The van der Waals surface area contributed by atoms with Crippen molar-refractivity contribution in [2.45, 2.75) is 12.2 Å². The molecule has 0 spiro atoms. The number of carbonyl (C=O) groups excluding carboxylic acids is 3. The Kier molecular flexibility index (Phi) is 3.78. The molecule has 2 atom stereocenters. The maximum absolute atomic E-state index is 12.9. The highest BCUT2D eigenvalue weighted by atomic mass is 16.5. The fourth-order valence-corrected chi connectivity index (χ4v) is 3.63. The zero-order valence-corrected chi connectivity index (χ0v) is 14.5. The van der Waals surface area contributed by atoms with E-state index in [1.165, 1.54) is 12.0 Å². The second-order valence-electron chi connectivity index (χ2n) is 6.36. The molecule has 4 rings (SSSR count). The van der Waals surface area contributed by atoms with Crippen molar-refractivity contribution >= 4 is 29.6 Å². The van der Waals surface area contributed by atoms with Gasteiger partial charge in [-0.05, 0) is 12.1 Å². The third kappa shape index (κ3) is 2.31. The number of ether oxygens (including phenoxy) is 1. The number of carbonyl (C=O) groups is 3. The molecular weight excluding hydrogens is 338 g/mol. The number of benzene rings is 1. The van der Waals surface area contributed by atoms with Crippen molar-refractivity contribution in [2.24, 2.45) is 4.99 Å². The Labute approximate surface area is 150 Å². The van der Waals surface area contributed by atoms with Gasteiger partial charge >= 0.3 is 12.0 Å². The summed E-state index contributed by atoms with van der Waals surface area (Å²) in [6, 6.07) is 8.62. The molecule has 3 aliphatic rings. The minimum Gasteiger partial charge on any atom is -0.468 e. The highest BCUT2D eigenvalue weighted by molar-refractivity contribution is 6.08. The number of likely N-dealkylation sites (N-methyl/N-ethyl adjacent to an activating group) is 1. The van der Waals surface area contributed by atoms with E-state index in [0.29, 0.717) is 19.0 Å². The van der Waals surface area contributed by atoms with Crippen LogP contribution >= 0.6 is 0 Å². The first-order valence-corrected chi connectivity index (χ1v) is 8.35. The molecule has 3 aliphatic heterocycles. The fraction of sp³-hybridized carbons (Fsp3) is 0.412. The van der Waals surface area contributed by atoms with Gasteiger partial charge in [-0.15, -0.1) is 0 Å². The molecule has 0 aromatic heterocycles. The minimum absolute atomic E-state index is 0.396. The SMILES string of the molecule is COC(=O)CN1C(=O)C2C(N=C3N(c4ccccc4)CCN32)N(C)C1=O. The number of fused-ring (bicyclic) bond motifs is 3. The number of hydrogen-bond acceptors (Lipinski definition) is 7. The van der Waals surface area contributed by atoms with Crippen LogP contribution in [0.15, 0.2) is 35.3 Å². The third-order valence-electron chi connectivity index (χ3n) is 4.96. The summed E-state index contributed by atoms with van der Waals surface area (Å²) in [6.07, 6.45) is -0.592. The number of imide groups is 1. The second kappa shape index (κ2) is 6.01. The highest BCUT2D eigenvalue weighted by Gasteiger charge is 2.54. The number of hydrogen-bond donors (Lipinski definition) is 0. The summed E-state index contributed by atoms with van der Waals surface area (Å²) < 4.78 is 4.60. The van der Waals surface area contributed by atoms with Crippen molar-refractivity contribution in [3.8, 4) is 0 Å². The van der Waals surface area contributed by atoms with E-state index in [9.17, 15) is 14.4 Å². The van der Waals surface area contributed by atoms with Gasteiger partial charge in [0.1, 0.15) is 6.54 Å². The molecule has 0 N–H and O–H groups in total. The number of rotatable bonds is 3. The lowest BCUT2D eigenvalue weighted by Crippen LogP contribution is -2.65.